The summed E-state index contributed by atoms with van der Waals surface area (Å²) in [5.41, 5.74) is 3.10. The number of aromatic nitrogens is 1. The number of carbonyl (C=O) groups excluding carboxylic acids is 1. The molecule has 26 heavy (non-hydrogen) atoms. The predicted octanol–water partition coefficient (Wildman–Crippen LogP) is 3.63. The molecule has 0 bridgehead atoms. The van der Waals surface area contributed by atoms with Crippen molar-refractivity contribution in [2.24, 2.45) is 5.92 Å². The van der Waals surface area contributed by atoms with E-state index in [0.717, 1.165) is 56.7 Å². The van der Waals surface area contributed by atoms with E-state index in [-0.39, 0.29) is 5.91 Å². The standard InChI is InChI=1S/C22H29N3O/c1-3-21-15-20(9-12-23-21)22(26)24(2)16-19-10-13-25(14-11-19)17-18-7-5-4-6-8-18/h4-9,12,15,19H,3,10-11,13-14,16-17H2,1-2H3. The minimum atomic E-state index is 0.105. The van der Waals surface area contributed by atoms with Gasteiger partial charge in [0.2, 0.25) is 0 Å². The molecule has 1 aliphatic rings. The zero-order valence-electron chi connectivity index (χ0n) is 15.9. The van der Waals surface area contributed by atoms with Crippen LogP contribution >= 0.6 is 0 Å². The summed E-state index contributed by atoms with van der Waals surface area (Å²) < 4.78 is 0. The van der Waals surface area contributed by atoms with Crippen molar-refractivity contribution in [2.45, 2.75) is 32.7 Å². The Labute approximate surface area is 156 Å². The molecule has 0 spiro atoms. The number of pyridine rings is 1. The molecule has 3 rings (SSSR count). The van der Waals surface area contributed by atoms with E-state index in [1.807, 2.05) is 24.1 Å². The quantitative estimate of drug-likeness (QED) is 0.797. The van der Waals surface area contributed by atoms with Crippen LogP contribution in [0.15, 0.2) is 48.7 Å². The first kappa shape index (κ1) is 18.6. The molecule has 1 aromatic carbocycles. The van der Waals surface area contributed by atoms with E-state index < -0.39 is 0 Å². The second-order valence-corrected chi connectivity index (χ2v) is 7.28. The Bertz CT molecular complexity index is 708. The molecular formula is C22H29N3O. The third kappa shape index (κ3) is 4.92. The maximum atomic E-state index is 12.7. The molecule has 1 aromatic heterocycles. The fraction of sp³-hybridized carbons (Fsp3) is 0.455. The molecule has 138 valence electrons. The minimum absolute atomic E-state index is 0.105. The van der Waals surface area contributed by atoms with E-state index >= 15 is 0 Å². The topological polar surface area (TPSA) is 36.4 Å². The number of carbonyl (C=O) groups is 1. The second kappa shape index (κ2) is 8.95. The fourth-order valence-corrected chi connectivity index (χ4v) is 3.66. The molecule has 1 fully saturated rings. The first-order chi connectivity index (χ1) is 12.7. The lowest BCUT2D eigenvalue weighted by Gasteiger charge is -2.34. The van der Waals surface area contributed by atoms with E-state index in [4.69, 9.17) is 0 Å². The third-order valence-electron chi connectivity index (χ3n) is 5.26. The lowest BCUT2D eigenvalue weighted by molar-refractivity contribution is 0.0737. The first-order valence-corrected chi connectivity index (χ1v) is 9.62. The Balaban J connectivity index is 1.48. The number of rotatable bonds is 6. The molecule has 0 N–H and O–H groups in total. The first-order valence-electron chi connectivity index (χ1n) is 9.62. The highest BCUT2D eigenvalue weighted by Crippen LogP contribution is 2.20. The van der Waals surface area contributed by atoms with E-state index in [1.165, 1.54) is 5.56 Å². The molecule has 4 heteroatoms. The number of benzene rings is 1. The third-order valence-corrected chi connectivity index (χ3v) is 5.26. The van der Waals surface area contributed by atoms with Crippen LogP contribution in [-0.2, 0) is 13.0 Å². The smallest absolute Gasteiger partial charge is 0.253 e. The Morgan fingerprint density at radius 2 is 1.92 bits per heavy atom. The maximum absolute atomic E-state index is 12.7. The number of hydrogen-bond acceptors (Lipinski definition) is 3. The highest BCUT2D eigenvalue weighted by atomic mass is 16.2. The number of hydrogen-bond donors (Lipinski definition) is 0. The molecule has 1 amide bonds. The average Bonchev–Trinajstić information content (AvgIpc) is 2.69. The zero-order chi connectivity index (χ0) is 18.4. The lowest BCUT2D eigenvalue weighted by Crippen LogP contribution is -2.39. The Morgan fingerprint density at radius 3 is 2.62 bits per heavy atom. The summed E-state index contributed by atoms with van der Waals surface area (Å²) in [6, 6.07) is 14.4. The van der Waals surface area contributed by atoms with Gasteiger partial charge in [0.1, 0.15) is 0 Å². The minimum Gasteiger partial charge on any atom is -0.341 e. The van der Waals surface area contributed by atoms with Gasteiger partial charge < -0.3 is 4.90 Å². The number of likely N-dealkylation sites (tertiary alicyclic amines) is 1. The molecule has 1 saturated heterocycles. The summed E-state index contributed by atoms with van der Waals surface area (Å²) in [6.07, 6.45) is 4.90. The fourth-order valence-electron chi connectivity index (χ4n) is 3.66. The van der Waals surface area contributed by atoms with Gasteiger partial charge in [0.05, 0.1) is 0 Å². The van der Waals surface area contributed by atoms with Crippen LogP contribution < -0.4 is 0 Å². The Kier molecular flexibility index (Phi) is 6.40. The van der Waals surface area contributed by atoms with Gasteiger partial charge in [0.15, 0.2) is 0 Å². The van der Waals surface area contributed by atoms with E-state index in [2.05, 4.69) is 47.1 Å². The summed E-state index contributed by atoms with van der Waals surface area (Å²) in [5.74, 6) is 0.692. The van der Waals surface area contributed by atoms with Crippen LogP contribution in [0, 0.1) is 5.92 Å². The van der Waals surface area contributed by atoms with Crippen LogP contribution in [0.5, 0.6) is 0 Å². The molecule has 0 saturated carbocycles. The van der Waals surface area contributed by atoms with Gasteiger partial charge in [0.25, 0.3) is 5.91 Å². The zero-order valence-corrected chi connectivity index (χ0v) is 15.9. The van der Waals surface area contributed by atoms with Crippen LogP contribution in [0.2, 0.25) is 0 Å². The largest absolute Gasteiger partial charge is 0.341 e. The van der Waals surface area contributed by atoms with Crippen molar-refractivity contribution >= 4 is 5.91 Å². The Morgan fingerprint density at radius 1 is 1.19 bits per heavy atom. The molecule has 1 aliphatic heterocycles. The summed E-state index contributed by atoms with van der Waals surface area (Å²) in [4.78, 5) is 21.4. The molecule has 4 nitrogen and oxygen atoms in total. The SMILES string of the molecule is CCc1cc(C(=O)N(C)CC2CCN(Cc3ccccc3)CC2)ccn1. The summed E-state index contributed by atoms with van der Waals surface area (Å²) in [7, 11) is 1.92. The number of nitrogens with zero attached hydrogens (tertiary/aromatic N) is 3. The van der Waals surface area contributed by atoms with Crippen molar-refractivity contribution in [3.05, 3.63) is 65.5 Å². The number of amides is 1. The van der Waals surface area contributed by atoms with Crippen molar-refractivity contribution < 1.29 is 4.79 Å². The number of piperidine rings is 1. The Hall–Kier alpha value is -2.20. The molecule has 2 aromatic rings. The monoisotopic (exact) mass is 351 g/mol. The van der Waals surface area contributed by atoms with Gasteiger partial charge in [-0.15, -0.1) is 0 Å². The summed E-state index contributed by atoms with van der Waals surface area (Å²) in [5, 5.41) is 0. The van der Waals surface area contributed by atoms with Gasteiger partial charge in [0, 0.05) is 37.6 Å². The molecular weight excluding hydrogens is 322 g/mol. The second-order valence-electron chi connectivity index (χ2n) is 7.28. The molecule has 0 aliphatic carbocycles. The van der Waals surface area contributed by atoms with Gasteiger partial charge in [-0.1, -0.05) is 37.3 Å². The molecule has 0 atom stereocenters. The molecule has 0 radical (unpaired) electrons. The van der Waals surface area contributed by atoms with Gasteiger partial charge >= 0.3 is 0 Å². The average molecular weight is 351 g/mol. The number of aryl methyl sites for hydroxylation is 1. The summed E-state index contributed by atoms with van der Waals surface area (Å²) >= 11 is 0. The van der Waals surface area contributed by atoms with Crippen LogP contribution in [-0.4, -0.2) is 47.4 Å². The van der Waals surface area contributed by atoms with Crippen molar-refractivity contribution in [2.75, 3.05) is 26.7 Å². The van der Waals surface area contributed by atoms with Crippen LogP contribution in [0.3, 0.4) is 0 Å². The normalized spacial score (nSPS) is 15.8. The summed E-state index contributed by atoms with van der Waals surface area (Å²) in [6.45, 7) is 6.14. The van der Waals surface area contributed by atoms with Crippen molar-refractivity contribution in [3.63, 3.8) is 0 Å². The van der Waals surface area contributed by atoms with E-state index in [1.54, 1.807) is 6.20 Å². The maximum Gasteiger partial charge on any atom is 0.253 e. The van der Waals surface area contributed by atoms with Crippen molar-refractivity contribution in [3.8, 4) is 0 Å². The van der Waals surface area contributed by atoms with E-state index in [0.29, 0.717) is 5.92 Å². The molecule has 0 unspecified atom stereocenters. The van der Waals surface area contributed by atoms with Crippen molar-refractivity contribution in [1.29, 1.82) is 0 Å². The van der Waals surface area contributed by atoms with Gasteiger partial charge in [-0.25, -0.2) is 0 Å². The predicted molar refractivity (Wildman–Crippen MR) is 105 cm³/mol. The van der Waals surface area contributed by atoms with Gasteiger partial charge in [-0.2, -0.15) is 0 Å². The highest BCUT2D eigenvalue weighted by Gasteiger charge is 2.22. The highest BCUT2D eigenvalue weighted by molar-refractivity contribution is 5.94. The van der Waals surface area contributed by atoms with Crippen LogP contribution in [0.25, 0.3) is 0 Å². The van der Waals surface area contributed by atoms with Crippen molar-refractivity contribution in [1.82, 2.24) is 14.8 Å². The molecule has 2 heterocycles. The van der Waals surface area contributed by atoms with Gasteiger partial charge in [-0.3, -0.25) is 14.7 Å². The van der Waals surface area contributed by atoms with Gasteiger partial charge in [-0.05, 0) is 56.0 Å². The lowest BCUT2D eigenvalue weighted by atomic mass is 9.95. The van der Waals surface area contributed by atoms with E-state index in [9.17, 15) is 4.79 Å². The van der Waals surface area contributed by atoms with Crippen LogP contribution in [0.4, 0.5) is 0 Å². The van der Waals surface area contributed by atoms with Crippen LogP contribution in [0.1, 0.15) is 41.4 Å².